The summed E-state index contributed by atoms with van der Waals surface area (Å²) >= 11 is 4.30. The van der Waals surface area contributed by atoms with Crippen LogP contribution in [0.2, 0.25) is 0 Å². The van der Waals surface area contributed by atoms with Crippen LogP contribution in [-0.2, 0) is 11.3 Å². The Morgan fingerprint density at radius 3 is 3.07 bits per heavy atom. The van der Waals surface area contributed by atoms with Gasteiger partial charge in [0, 0.05) is 37.2 Å². The van der Waals surface area contributed by atoms with Crippen LogP contribution < -0.4 is 0 Å². The molecule has 0 radical (unpaired) electrons. The van der Waals surface area contributed by atoms with Gasteiger partial charge in [-0.1, -0.05) is 6.07 Å². The van der Waals surface area contributed by atoms with Gasteiger partial charge in [-0.05, 0) is 11.6 Å². The maximum atomic E-state index is 11.4. The summed E-state index contributed by atoms with van der Waals surface area (Å²) in [5, 5.41) is 0.194. The van der Waals surface area contributed by atoms with Crippen LogP contribution in [-0.4, -0.2) is 27.6 Å². The SMILES string of the molecule is O=C1CC(S)CN1Cc1cccnc1. The van der Waals surface area contributed by atoms with E-state index >= 15 is 0 Å². The van der Waals surface area contributed by atoms with Crippen molar-refractivity contribution in [2.45, 2.75) is 18.2 Å². The number of likely N-dealkylation sites (tertiary alicyclic amines) is 1. The summed E-state index contributed by atoms with van der Waals surface area (Å²) in [6.45, 7) is 1.40. The summed E-state index contributed by atoms with van der Waals surface area (Å²) < 4.78 is 0. The van der Waals surface area contributed by atoms with Crippen molar-refractivity contribution < 1.29 is 4.79 Å². The van der Waals surface area contributed by atoms with Crippen molar-refractivity contribution >= 4 is 18.5 Å². The molecule has 1 fully saturated rings. The van der Waals surface area contributed by atoms with Gasteiger partial charge >= 0.3 is 0 Å². The fraction of sp³-hybridized carbons (Fsp3) is 0.400. The molecule has 2 rings (SSSR count). The Balaban J connectivity index is 2.02. The van der Waals surface area contributed by atoms with Gasteiger partial charge < -0.3 is 4.90 Å². The zero-order valence-electron chi connectivity index (χ0n) is 7.76. The number of pyridine rings is 1. The van der Waals surface area contributed by atoms with Gasteiger partial charge in [0.2, 0.25) is 5.91 Å². The fourth-order valence-electron chi connectivity index (χ4n) is 1.62. The topological polar surface area (TPSA) is 33.2 Å². The summed E-state index contributed by atoms with van der Waals surface area (Å²) in [6, 6.07) is 3.86. The number of hydrogen-bond acceptors (Lipinski definition) is 3. The molecule has 0 N–H and O–H groups in total. The van der Waals surface area contributed by atoms with Gasteiger partial charge in [0.25, 0.3) is 0 Å². The molecule has 4 heteroatoms. The van der Waals surface area contributed by atoms with Crippen molar-refractivity contribution in [3.8, 4) is 0 Å². The highest BCUT2D eigenvalue weighted by atomic mass is 32.1. The third-order valence-corrected chi connectivity index (χ3v) is 2.64. The molecule has 1 aromatic heterocycles. The predicted molar refractivity (Wildman–Crippen MR) is 57.0 cm³/mol. The highest BCUT2D eigenvalue weighted by Crippen LogP contribution is 2.17. The number of aromatic nitrogens is 1. The third kappa shape index (κ3) is 2.07. The second-order valence-electron chi connectivity index (χ2n) is 3.49. The first-order valence-electron chi connectivity index (χ1n) is 4.60. The molecule has 0 aromatic carbocycles. The summed E-state index contributed by atoms with van der Waals surface area (Å²) in [5.41, 5.74) is 1.07. The van der Waals surface area contributed by atoms with Crippen molar-refractivity contribution in [2.75, 3.05) is 6.54 Å². The summed E-state index contributed by atoms with van der Waals surface area (Å²) in [5.74, 6) is 0.189. The Bertz CT molecular complexity index is 328. The lowest BCUT2D eigenvalue weighted by atomic mass is 10.3. The standard InChI is InChI=1S/C10H12N2OS/c13-10-4-9(14)7-12(10)6-8-2-1-3-11-5-8/h1-3,5,9,14H,4,6-7H2. The number of nitrogens with zero attached hydrogens (tertiary/aromatic N) is 2. The molecule has 14 heavy (non-hydrogen) atoms. The van der Waals surface area contributed by atoms with E-state index in [1.54, 1.807) is 12.4 Å². The van der Waals surface area contributed by atoms with E-state index in [-0.39, 0.29) is 11.2 Å². The zero-order valence-corrected chi connectivity index (χ0v) is 8.65. The molecule has 2 heterocycles. The first-order chi connectivity index (χ1) is 6.75. The summed E-state index contributed by atoms with van der Waals surface area (Å²) in [6.07, 6.45) is 4.08. The minimum atomic E-state index is 0.189. The molecule has 0 spiro atoms. The van der Waals surface area contributed by atoms with Gasteiger partial charge in [-0.25, -0.2) is 0 Å². The van der Waals surface area contributed by atoms with Crippen molar-refractivity contribution in [2.24, 2.45) is 0 Å². The van der Waals surface area contributed by atoms with E-state index in [2.05, 4.69) is 17.6 Å². The van der Waals surface area contributed by atoms with E-state index in [4.69, 9.17) is 0 Å². The van der Waals surface area contributed by atoms with Crippen LogP contribution in [0.3, 0.4) is 0 Å². The number of hydrogen-bond donors (Lipinski definition) is 1. The van der Waals surface area contributed by atoms with Gasteiger partial charge in [0.1, 0.15) is 0 Å². The maximum absolute atomic E-state index is 11.4. The fourth-order valence-corrected chi connectivity index (χ4v) is 1.97. The van der Waals surface area contributed by atoms with Gasteiger partial charge in [-0.3, -0.25) is 9.78 Å². The van der Waals surface area contributed by atoms with Crippen LogP contribution in [0.1, 0.15) is 12.0 Å². The predicted octanol–water partition coefficient (Wildman–Crippen LogP) is 1.11. The van der Waals surface area contributed by atoms with Crippen LogP contribution >= 0.6 is 12.6 Å². The number of rotatable bonds is 2. The number of thiol groups is 1. The van der Waals surface area contributed by atoms with E-state index in [9.17, 15) is 4.79 Å². The molecule has 1 aliphatic heterocycles. The third-order valence-electron chi connectivity index (χ3n) is 2.29. The van der Waals surface area contributed by atoms with E-state index in [0.717, 1.165) is 12.1 Å². The molecule has 1 amide bonds. The maximum Gasteiger partial charge on any atom is 0.224 e. The van der Waals surface area contributed by atoms with E-state index in [1.807, 2.05) is 17.0 Å². The van der Waals surface area contributed by atoms with E-state index in [0.29, 0.717) is 13.0 Å². The van der Waals surface area contributed by atoms with Gasteiger partial charge in [0.05, 0.1) is 0 Å². The lowest BCUT2D eigenvalue weighted by Gasteiger charge is -2.15. The normalized spacial score (nSPS) is 21.6. The average Bonchev–Trinajstić information content (AvgIpc) is 2.47. The smallest absolute Gasteiger partial charge is 0.224 e. The zero-order chi connectivity index (χ0) is 9.97. The second-order valence-corrected chi connectivity index (χ2v) is 4.22. The molecular weight excluding hydrogens is 196 g/mol. The minimum absolute atomic E-state index is 0.189. The molecular formula is C10H12N2OS. The van der Waals surface area contributed by atoms with Gasteiger partial charge in [-0.15, -0.1) is 0 Å². The van der Waals surface area contributed by atoms with Crippen molar-refractivity contribution in [1.29, 1.82) is 0 Å². The van der Waals surface area contributed by atoms with Crippen LogP contribution in [0.5, 0.6) is 0 Å². The Labute approximate surface area is 88.5 Å². The number of amides is 1. The van der Waals surface area contributed by atoms with Crippen molar-refractivity contribution in [3.05, 3.63) is 30.1 Å². The highest BCUT2D eigenvalue weighted by Gasteiger charge is 2.26. The Kier molecular flexibility index (Phi) is 2.72. The summed E-state index contributed by atoms with van der Waals surface area (Å²) in [4.78, 5) is 17.3. The first kappa shape index (κ1) is 9.52. The minimum Gasteiger partial charge on any atom is -0.337 e. The second kappa shape index (κ2) is 4.00. The summed E-state index contributed by atoms with van der Waals surface area (Å²) in [7, 11) is 0. The lowest BCUT2D eigenvalue weighted by Crippen LogP contribution is -2.24. The molecule has 0 aliphatic carbocycles. The molecule has 1 atom stereocenters. The molecule has 1 aromatic rings. The van der Waals surface area contributed by atoms with Crippen LogP contribution in [0.25, 0.3) is 0 Å². The molecule has 1 aliphatic rings. The van der Waals surface area contributed by atoms with Crippen LogP contribution in [0, 0.1) is 0 Å². The van der Waals surface area contributed by atoms with Crippen molar-refractivity contribution in [1.82, 2.24) is 9.88 Å². The molecule has 0 saturated carbocycles. The molecule has 3 nitrogen and oxygen atoms in total. The average molecular weight is 208 g/mol. The molecule has 74 valence electrons. The monoisotopic (exact) mass is 208 g/mol. The number of carbonyl (C=O) groups is 1. The lowest BCUT2D eigenvalue weighted by molar-refractivity contribution is -0.128. The number of carbonyl (C=O) groups excluding carboxylic acids is 1. The van der Waals surface area contributed by atoms with Crippen molar-refractivity contribution in [3.63, 3.8) is 0 Å². The highest BCUT2D eigenvalue weighted by molar-refractivity contribution is 7.81. The Morgan fingerprint density at radius 2 is 2.50 bits per heavy atom. The Hall–Kier alpha value is -1.03. The van der Waals surface area contributed by atoms with Crippen LogP contribution in [0.4, 0.5) is 0 Å². The first-order valence-corrected chi connectivity index (χ1v) is 5.12. The largest absolute Gasteiger partial charge is 0.337 e. The molecule has 1 saturated heterocycles. The Morgan fingerprint density at radius 1 is 1.64 bits per heavy atom. The quantitative estimate of drug-likeness (QED) is 0.739. The molecule has 0 bridgehead atoms. The van der Waals surface area contributed by atoms with Crippen LogP contribution in [0.15, 0.2) is 24.5 Å². The van der Waals surface area contributed by atoms with E-state index in [1.165, 1.54) is 0 Å². The van der Waals surface area contributed by atoms with Gasteiger partial charge in [0.15, 0.2) is 0 Å². The molecule has 1 unspecified atom stereocenters. The van der Waals surface area contributed by atoms with E-state index < -0.39 is 0 Å². The van der Waals surface area contributed by atoms with Gasteiger partial charge in [-0.2, -0.15) is 12.6 Å².